The molecule has 0 saturated carbocycles. The molecule has 1 unspecified atom stereocenters. The molecule has 6 nitrogen and oxygen atoms in total. The van der Waals surface area contributed by atoms with Crippen LogP contribution in [0.2, 0.25) is 0 Å². The maximum atomic E-state index is 11.8. The number of carbonyl (C=O) groups excluding carboxylic acids is 1. The zero-order valence-electron chi connectivity index (χ0n) is 11.9. The van der Waals surface area contributed by atoms with Crippen molar-refractivity contribution < 1.29 is 24.2 Å². The van der Waals surface area contributed by atoms with Gasteiger partial charge in [0.15, 0.2) is 0 Å². The summed E-state index contributed by atoms with van der Waals surface area (Å²) < 4.78 is 10.7. The van der Waals surface area contributed by atoms with E-state index in [1.54, 1.807) is 24.3 Å². The highest BCUT2D eigenvalue weighted by atomic mass is 16.5. The van der Waals surface area contributed by atoms with Crippen molar-refractivity contribution in [2.45, 2.75) is 13.3 Å². The SMILES string of the molecule is CCOCCOc1ccc(N2CC(C(=O)O)CC2=O)cc1. The topological polar surface area (TPSA) is 76.1 Å². The summed E-state index contributed by atoms with van der Waals surface area (Å²) in [6.07, 6.45) is 0.0575. The van der Waals surface area contributed by atoms with Gasteiger partial charge < -0.3 is 19.5 Å². The molecule has 0 aliphatic carbocycles. The molecule has 0 aromatic heterocycles. The number of anilines is 1. The highest BCUT2D eigenvalue weighted by Crippen LogP contribution is 2.26. The van der Waals surface area contributed by atoms with Crippen LogP contribution in [0.15, 0.2) is 24.3 Å². The summed E-state index contributed by atoms with van der Waals surface area (Å²) in [5.74, 6) is -1.02. The minimum atomic E-state index is -0.929. The minimum absolute atomic E-state index is 0.0575. The van der Waals surface area contributed by atoms with Crippen molar-refractivity contribution in [3.05, 3.63) is 24.3 Å². The van der Waals surface area contributed by atoms with E-state index in [1.165, 1.54) is 4.90 Å². The van der Waals surface area contributed by atoms with Crippen molar-refractivity contribution in [3.63, 3.8) is 0 Å². The Morgan fingerprint density at radius 2 is 2.05 bits per heavy atom. The molecule has 1 atom stereocenters. The van der Waals surface area contributed by atoms with Crippen molar-refractivity contribution in [2.24, 2.45) is 5.92 Å². The fourth-order valence-electron chi connectivity index (χ4n) is 2.21. The molecule has 1 aromatic rings. The van der Waals surface area contributed by atoms with E-state index in [1.807, 2.05) is 6.92 Å². The molecule has 1 aliphatic rings. The van der Waals surface area contributed by atoms with Crippen LogP contribution in [0.25, 0.3) is 0 Å². The van der Waals surface area contributed by atoms with Gasteiger partial charge >= 0.3 is 5.97 Å². The van der Waals surface area contributed by atoms with E-state index in [2.05, 4.69) is 0 Å². The molecule has 1 aliphatic heterocycles. The number of nitrogens with zero attached hydrogens (tertiary/aromatic N) is 1. The first kappa shape index (κ1) is 15.3. The Hall–Kier alpha value is -2.08. The Bertz CT molecular complexity index is 499. The van der Waals surface area contributed by atoms with E-state index in [4.69, 9.17) is 14.6 Å². The van der Waals surface area contributed by atoms with Crippen molar-refractivity contribution in [3.8, 4) is 5.75 Å². The lowest BCUT2D eigenvalue weighted by Crippen LogP contribution is -2.25. The Labute approximate surface area is 123 Å². The second-order valence-corrected chi connectivity index (χ2v) is 4.78. The highest BCUT2D eigenvalue weighted by molar-refractivity contribution is 5.99. The standard InChI is InChI=1S/C15H19NO5/c1-2-20-7-8-21-13-5-3-12(4-6-13)16-10-11(15(18)19)9-14(16)17/h3-6,11H,2,7-10H2,1H3,(H,18,19). The summed E-state index contributed by atoms with van der Waals surface area (Å²) in [4.78, 5) is 24.3. The molecule has 21 heavy (non-hydrogen) atoms. The van der Waals surface area contributed by atoms with Crippen LogP contribution in [0.3, 0.4) is 0 Å². The summed E-state index contributed by atoms with van der Waals surface area (Å²) in [5.41, 5.74) is 0.695. The summed E-state index contributed by atoms with van der Waals surface area (Å²) in [5, 5.41) is 8.97. The van der Waals surface area contributed by atoms with Gasteiger partial charge in [0.05, 0.1) is 12.5 Å². The quantitative estimate of drug-likeness (QED) is 0.772. The molecule has 114 valence electrons. The fourth-order valence-corrected chi connectivity index (χ4v) is 2.21. The number of carboxylic acid groups (broad SMARTS) is 1. The number of aliphatic carboxylic acids is 1. The average molecular weight is 293 g/mol. The van der Waals surface area contributed by atoms with E-state index in [0.29, 0.717) is 31.3 Å². The molecular weight excluding hydrogens is 274 g/mol. The van der Waals surface area contributed by atoms with Gasteiger partial charge in [0, 0.05) is 25.3 Å². The van der Waals surface area contributed by atoms with Gasteiger partial charge in [-0.1, -0.05) is 0 Å². The molecule has 0 bridgehead atoms. The van der Waals surface area contributed by atoms with Crippen LogP contribution in [0.4, 0.5) is 5.69 Å². The first-order chi connectivity index (χ1) is 10.1. The van der Waals surface area contributed by atoms with Gasteiger partial charge in [0.2, 0.25) is 5.91 Å². The summed E-state index contributed by atoms with van der Waals surface area (Å²) in [6, 6.07) is 7.06. The molecular formula is C15H19NO5. The number of benzene rings is 1. The predicted molar refractivity (Wildman–Crippen MR) is 76.5 cm³/mol. The number of amides is 1. The second kappa shape index (κ2) is 7.08. The van der Waals surface area contributed by atoms with Crippen molar-refractivity contribution in [1.29, 1.82) is 0 Å². The summed E-state index contributed by atoms with van der Waals surface area (Å²) in [7, 11) is 0. The van der Waals surface area contributed by atoms with Crippen LogP contribution in [0.1, 0.15) is 13.3 Å². The molecule has 1 N–H and O–H groups in total. The number of ether oxygens (including phenoxy) is 2. The monoisotopic (exact) mass is 293 g/mol. The van der Waals surface area contributed by atoms with E-state index in [9.17, 15) is 9.59 Å². The maximum Gasteiger partial charge on any atom is 0.308 e. The van der Waals surface area contributed by atoms with Gasteiger partial charge in [-0.25, -0.2) is 0 Å². The third-order valence-corrected chi connectivity index (χ3v) is 3.32. The first-order valence-electron chi connectivity index (χ1n) is 6.95. The van der Waals surface area contributed by atoms with E-state index in [0.717, 1.165) is 0 Å². The zero-order valence-corrected chi connectivity index (χ0v) is 11.9. The number of rotatable bonds is 7. The van der Waals surface area contributed by atoms with Gasteiger partial charge in [-0.05, 0) is 31.2 Å². The number of carbonyl (C=O) groups is 2. The number of carboxylic acids is 1. The van der Waals surface area contributed by atoms with Gasteiger partial charge in [0.1, 0.15) is 12.4 Å². The lowest BCUT2D eigenvalue weighted by atomic mass is 10.1. The van der Waals surface area contributed by atoms with Crippen molar-refractivity contribution in [2.75, 3.05) is 31.3 Å². The molecule has 1 fully saturated rings. The molecule has 1 saturated heterocycles. The Morgan fingerprint density at radius 3 is 2.62 bits per heavy atom. The van der Waals surface area contributed by atoms with Crippen LogP contribution in [-0.2, 0) is 14.3 Å². The van der Waals surface area contributed by atoms with Crippen molar-refractivity contribution in [1.82, 2.24) is 0 Å². The van der Waals surface area contributed by atoms with Gasteiger partial charge in [-0.2, -0.15) is 0 Å². The predicted octanol–water partition coefficient (Wildman–Crippen LogP) is 1.54. The smallest absolute Gasteiger partial charge is 0.308 e. The molecule has 0 spiro atoms. The molecule has 1 heterocycles. The van der Waals surface area contributed by atoms with Crippen LogP contribution in [0, 0.1) is 5.92 Å². The number of hydrogen-bond donors (Lipinski definition) is 1. The minimum Gasteiger partial charge on any atom is -0.491 e. The maximum absolute atomic E-state index is 11.8. The molecule has 2 rings (SSSR count). The van der Waals surface area contributed by atoms with Gasteiger partial charge in [-0.15, -0.1) is 0 Å². The highest BCUT2D eigenvalue weighted by Gasteiger charge is 2.34. The lowest BCUT2D eigenvalue weighted by Gasteiger charge is -2.16. The summed E-state index contributed by atoms with van der Waals surface area (Å²) in [6.45, 7) is 3.80. The third kappa shape index (κ3) is 3.95. The fraction of sp³-hybridized carbons (Fsp3) is 0.467. The first-order valence-corrected chi connectivity index (χ1v) is 6.95. The van der Waals surface area contributed by atoms with E-state index in [-0.39, 0.29) is 18.9 Å². The van der Waals surface area contributed by atoms with E-state index >= 15 is 0 Å². The molecule has 0 radical (unpaired) electrons. The van der Waals surface area contributed by atoms with Crippen LogP contribution < -0.4 is 9.64 Å². The van der Waals surface area contributed by atoms with Crippen LogP contribution in [0.5, 0.6) is 5.75 Å². The Morgan fingerprint density at radius 1 is 1.33 bits per heavy atom. The second-order valence-electron chi connectivity index (χ2n) is 4.78. The average Bonchev–Trinajstić information content (AvgIpc) is 2.87. The Balaban J connectivity index is 1.93. The van der Waals surface area contributed by atoms with Crippen molar-refractivity contribution >= 4 is 17.6 Å². The Kier molecular flexibility index (Phi) is 5.16. The van der Waals surface area contributed by atoms with Gasteiger partial charge in [-0.3, -0.25) is 9.59 Å². The molecule has 6 heteroatoms. The third-order valence-electron chi connectivity index (χ3n) is 3.32. The largest absolute Gasteiger partial charge is 0.491 e. The number of hydrogen-bond acceptors (Lipinski definition) is 4. The zero-order chi connectivity index (χ0) is 15.2. The summed E-state index contributed by atoms with van der Waals surface area (Å²) >= 11 is 0. The lowest BCUT2D eigenvalue weighted by molar-refractivity contribution is -0.141. The van der Waals surface area contributed by atoms with Crippen LogP contribution >= 0.6 is 0 Å². The van der Waals surface area contributed by atoms with E-state index < -0.39 is 11.9 Å². The normalized spacial score (nSPS) is 18.0. The van der Waals surface area contributed by atoms with Gasteiger partial charge in [0.25, 0.3) is 0 Å². The molecule has 1 aromatic carbocycles. The molecule has 1 amide bonds. The van der Waals surface area contributed by atoms with Crippen LogP contribution in [-0.4, -0.2) is 43.3 Å².